The van der Waals surface area contributed by atoms with Crippen molar-refractivity contribution in [3.63, 3.8) is 0 Å². The van der Waals surface area contributed by atoms with Crippen LogP contribution >= 0.6 is 11.6 Å². The summed E-state index contributed by atoms with van der Waals surface area (Å²) in [5, 5.41) is 13.2. The van der Waals surface area contributed by atoms with Crippen molar-refractivity contribution in [2.75, 3.05) is 0 Å². The van der Waals surface area contributed by atoms with E-state index in [2.05, 4.69) is 5.16 Å². The van der Waals surface area contributed by atoms with Crippen LogP contribution in [0.2, 0.25) is 5.02 Å². The molecule has 1 fully saturated rings. The Hall–Kier alpha value is -2.11. The van der Waals surface area contributed by atoms with Crippen LogP contribution in [0.15, 0.2) is 35.5 Å². The number of ether oxygens (including phenoxy) is 2. The molecule has 0 bridgehead atoms. The van der Waals surface area contributed by atoms with Crippen LogP contribution in [0.3, 0.4) is 0 Å². The number of halogens is 1. The Bertz CT molecular complexity index is 813. The topological polar surface area (TPSA) is 71.4 Å². The van der Waals surface area contributed by atoms with Crippen molar-refractivity contribution in [2.24, 2.45) is 5.16 Å². The first-order valence-corrected chi connectivity index (χ1v) is 8.99. The Morgan fingerprint density at radius 1 is 1.27 bits per heavy atom. The van der Waals surface area contributed by atoms with Crippen LogP contribution in [0, 0.1) is 13.8 Å². The molecule has 0 aliphatic carbocycles. The third kappa shape index (κ3) is 4.00. The Kier molecular flexibility index (Phi) is 5.49. The number of epoxide rings is 1. The van der Waals surface area contributed by atoms with Crippen molar-refractivity contribution in [3.8, 4) is 0 Å². The molecular formula is C20H22ClNO4. The van der Waals surface area contributed by atoms with Gasteiger partial charge < -0.3 is 14.7 Å². The molecule has 1 aromatic carbocycles. The number of rotatable bonds is 0. The Balaban J connectivity index is 2.05. The Labute approximate surface area is 157 Å². The van der Waals surface area contributed by atoms with Gasteiger partial charge in [0.05, 0.1) is 17.4 Å². The lowest BCUT2D eigenvalue weighted by atomic mass is 9.94. The van der Waals surface area contributed by atoms with Crippen molar-refractivity contribution in [1.29, 1.82) is 0 Å². The van der Waals surface area contributed by atoms with Gasteiger partial charge in [-0.1, -0.05) is 41.1 Å². The molecule has 0 saturated carbocycles. The molecule has 0 spiro atoms. The van der Waals surface area contributed by atoms with Crippen LogP contribution in [0.4, 0.5) is 0 Å². The van der Waals surface area contributed by atoms with Gasteiger partial charge in [0.2, 0.25) is 0 Å². The van der Waals surface area contributed by atoms with Crippen LogP contribution < -0.4 is 0 Å². The molecule has 1 aromatic rings. The van der Waals surface area contributed by atoms with Crippen LogP contribution in [0.1, 0.15) is 40.4 Å². The van der Waals surface area contributed by atoms with E-state index in [9.17, 15) is 10.0 Å². The predicted molar refractivity (Wildman–Crippen MR) is 100 cm³/mol. The van der Waals surface area contributed by atoms with Crippen LogP contribution in [0.25, 0.3) is 0 Å². The quantitative estimate of drug-likeness (QED) is 0.320. The summed E-state index contributed by atoms with van der Waals surface area (Å²) in [6, 6.07) is 1.87. The van der Waals surface area contributed by atoms with E-state index < -0.39 is 5.97 Å². The minimum absolute atomic E-state index is 0.0318. The second-order valence-corrected chi connectivity index (χ2v) is 7.16. The van der Waals surface area contributed by atoms with Crippen molar-refractivity contribution in [1.82, 2.24) is 0 Å². The summed E-state index contributed by atoms with van der Waals surface area (Å²) < 4.78 is 11.2. The number of carbonyl (C=O) groups excluding carboxylic acids is 1. The molecule has 138 valence electrons. The van der Waals surface area contributed by atoms with Crippen LogP contribution in [0.5, 0.6) is 0 Å². The highest BCUT2D eigenvalue weighted by Gasteiger charge is 2.38. The molecule has 1 saturated heterocycles. The summed E-state index contributed by atoms with van der Waals surface area (Å²) in [5.74, 6) is -0.419. The van der Waals surface area contributed by atoms with E-state index >= 15 is 0 Å². The average Bonchev–Trinajstić information content (AvgIpc) is 3.31. The fourth-order valence-corrected chi connectivity index (χ4v) is 3.49. The minimum atomic E-state index is -0.419. The molecule has 0 radical (unpaired) electrons. The molecule has 6 heteroatoms. The van der Waals surface area contributed by atoms with E-state index in [1.165, 1.54) is 0 Å². The molecule has 2 heterocycles. The van der Waals surface area contributed by atoms with Crippen molar-refractivity contribution in [3.05, 3.63) is 57.6 Å². The summed E-state index contributed by atoms with van der Waals surface area (Å²) in [6.45, 7) is 5.59. The van der Waals surface area contributed by atoms with Crippen molar-refractivity contribution in [2.45, 2.75) is 51.9 Å². The maximum absolute atomic E-state index is 12.8. The van der Waals surface area contributed by atoms with Gasteiger partial charge in [-0.15, -0.1) is 0 Å². The second kappa shape index (κ2) is 7.64. The van der Waals surface area contributed by atoms with Gasteiger partial charge in [0, 0.05) is 17.9 Å². The van der Waals surface area contributed by atoms with Gasteiger partial charge in [-0.05, 0) is 43.5 Å². The van der Waals surface area contributed by atoms with Crippen LogP contribution in [-0.2, 0) is 15.9 Å². The SMILES string of the molecule is Cc1cc(C)c2c(c1Cl)CC(=NO)/C=C/C=C\C1OC1CC(C)OC2=O. The van der Waals surface area contributed by atoms with Gasteiger partial charge in [0.1, 0.15) is 12.2 Å². The third-order valence-corrected chi connectivity index (χ3v) is 5.15. The normalized spacial score (nSPS) is 29.9. The summed E-state index contributed by atoms with van der Waals surface area (Å²) in [5.41, 5.74) is 3.09. The zero-order valence-electron chi connectivity index (χ0n) is 15.0. The molecule has 5 nitrogen and oxygen atoms in total. The second-order valence-electron chi connectivity index (χ2n) is 6.78. The molecule has 3 unspecified atom stereocenters. The highest BCUT2D eigenvalue weighted by atomic mass is 35.5. The average molecular weight is 376 g/mol. The third-order valence-electron chi connectivity index (χ3n) is 4.63. The molecule has 2 aliphatic rings. The fourth-order valence-electron chi connectivity index (χ4n) is 3.28. The lowest BCUT2D eigenvalue weighted by Crippen LogP contribution is -2.20. The van der Waals surface area contributed by atoms with Gasteiger partial charge in [0.15, 0.2) is 0 Å². The largest absolute Gasteiger partial charge is 0.459 e. The lowest BCUT2D eigenvalue weighted by molar-refractivity contribution is 0.0308. The highest BCUT2D eigenvalue weighted by Crippen LogP contribution is 2.31. The van der Waals surface area contributed by atoms with Crippen molar-refractivity contribution < 1.29 is 19.5 Å². The number of benzene rings is 1. The zero-order valence-corrected chi connectivity index (χ0v) is 15.8. The molecule has 3 atom stereocenters. The molecule has 2 aliphatic heterocycles. The monoisotopic (exact) mass is 375 g/mol. The van der Waals surface area contributed by atoms with Gasteiger partial charge in [-0.25, -0.2) is 4.79 Å². The van der Waals surface area contributed by atoms with E-state index in [1.54, 1.807) is 12.2 Å². The maximum atomic E-state index is 12.8. The van der Waals surface area contributed by atoms with E-state index in [-0.39, 0.29) is 24.7 Å². The van der Waals surface area contributed by atoms with E-state index in [4.69, 9.17) is 21.1 Å². The predicted octanol–water partition coefficient (Wildman–Crippen LogP) is 4.16. The first-order valence-electron chi connectivity index (χ1n) is 8.61. The van der Waals surface area contributed by atoms with E-state index in [0.29, 0.717) is 28.3 Å². The van der Waals surface area contributed by atoms with Gasteiger partial charge in [-0.2, -0.15) is 0 Å². The van der Waals surface area contributed by atoms with Gasteiger partial charge >= 0.3 is 5.97 Å². The van der Waals surface area contributed by atoms with E-state index in [1.807, 2.05) is 39.0 Å². The zero-order chi connectivity index (χ0) is 18.8. The number of hydrogen-bond acceptors (Lipinski definition) is 5. The van der Waals surface area contributed by atoms with Crippen LogP contribution in [-0.4, -0.2) is 35.2 Å². The Morgan fingerprint density at radius 3 is 2.77 bits per heavy atom. The first kappa shape index (κ1) is 18.7. The number of carbonyl (C=O) groups is 1. The highest BCUT2D eigenvalue weighted by molar-refractivity contribution is 6.33. The van der Waals surface area contributed by atoms with Gasteiger partial charge in [-0.3, -0.25) is 0 Å². The van der Waals surface area contributed by atoms with Crippen molar-refractivity contribution >= 4 is 23.3 Å². The number of allylic oxidation sites excluding steroid dienone is 3. The van der Waals surface area contributed by atoms with Gasteiger partial charge in [0.25, 0.3) is 0 Å². The molecule has 0 amide bonds. The summed E-state index contributed by atoms with van der Waals surface area (Å²) in [6.07, 6.45) is 7.95. The number of nitrogens with zero attached hydrogens (tertiary/aromatic N) is 1. The maximum Gasteiger partial charge on any atom is 0.339 e. The standard InChI is InChI=1S/C20H22ClNO4/c1-11-8-12(2)19(21)15-10-14(22-24)6-4-5-7-16-17(26-16)9-13(3)25-20(23)18(11)15/h4-8,13,16-17,24H,9-10H2,1-3H3/b6-4+,7-5-,22-14?. The summed E-state index contributed by atoms with van der Waals surface area (Å²) >= 11 is 6.49. The number of esters is 1. The number of hydrogen-bond donors (Lipinski definition) is 1. The first-order chi connectivity index (χ1) is 12.4. The minimum Gasteiger partial charge on any atom is -0.459 e. The molecular weight excluding hydrogens is 354 g/mol. The molecule has 3 rings (SSSR count). The number of aryl methyl sites for hydroxylation is 2. The molecule has 0 aromatic heterocycles. The fraction of sp³-hybridized carbons (Fsp3) is 0.400. The smallest absolute Gasteiger partial charge is 0.339 e. The Morgan fingerprint density at radius 2 is 2.04 bits per heavy atom. The van der Waals surface area contributed by atoms with E-state index in [0.717, 1.165) is 11.1 Å². The lowest BCUT2D eigenvalue weighted by Gasteiger charge is -2.18. The summed E-state index contributed by atoms with van der Waals surface area (Å²) in [4.78, 5) is 12.8. The molecule has 26 heavy (non-hydrogen) atoms. The number of cyclic esters (lactones) is 1. The molecule has 1 N–H and O–H groups in total. The summed E-state index contributed by atoms with van der Waals surface area (Å²) in [7, 11) is 0. The number of fused-ring (bicyclic) bond motifs is 2. The number of oxime groups is 1.